The molecule has 2 aromatic heterocycles. The Morgan fingerprint density at radius 2 is 2.15 bits per heavy atom. The molecular formula is C14H14N4O2. The monoisotopic (exact) mass is 270 g/mol. The van der Waals surface area contributed by atoms with E-state index in [-0.39, 0.29) is 5.56 Å². The van der Waals surface area contributed by atoms with Gasteiger partial charge in [0.05, 0.1) is 29.5 Å². The van der Waals surface area contributed by atoms with E-state index in [4.69, 9.17) is 5.11 Å². The van der Waals surface area contributed by atoms with E-state index in [2.05, 4.69) is 10.2 Å². The molecule has 3 aromatic rings. The molecule has 6 nitrogen and oxygen atoms in total. The summed E-state index contributed by atoms with van der Waals surface area (Å²) in [5, 5.41) is 18.6. The molecule has 0 spiro atoms. The van der Waals surface area contributed by atoms with Crippen LogP contribution in [0.5, 0.6) is 0 Å². The van der Waals surface area contributed by atoms with E-state index in [0.717, 1.165) is 23.1 Å². The fourth-order valence-electron chi connectivity index (χ4n) is 2.27. The summed E-state index contributed by atoms with van der Waals surface area (Å²) in [6.45, 7) is 3.29. The van der Waals surface area contributed by atoms with E-state index in [9.17, 15) is 4.79 Å². The van der Waals surface area contributed by atoms with Crippen molar-refractivity contribution in [1.82, 2.24) is 19.6 Å². The number of carboxylic acid groups (broad SMARTS) is 1. The number of hydrogen-bond acceptors (Lipinski definition) is 3. The SMILES string of the molecule is CCn1nc(Cn2cc(C(=O)O)cn2)c2ccccc21. The van der Waals surface area contributed by atoms with Gasteiger partial charge in [0.25, 0.3) is 0 Å². The number of aryl methyl sites for hydroxylation is 1. The van der Waals surface area contributed by atoms with E-state index in [0.29, 0.717) is 6.54 Å². The third kappa shape index (κ3) is 2.05. The summed E-state index contributed by atoms with van der Waals surface area (Å²) >= 11 is 0. The van der Waals surface area contributed by atoms with Crippen molar-refractivity contribution < 1.29 is 9.90 Å². The molecule has 0 bridgehead atoms. The Labute approximate surface area is 115 Å². The molecule has 0 aliphatic carbocycles. The zero-order valence-corrected chi connectivity index (χ0v) is 11.0. The van der Waals surface area contributed by atoms with Gasteiger partial charge in [0, 0.05) is 18.1 Å². The third-order valence-corrected chi connectivity index (χ3v) is 3.23. The Balaban J connectivity index is 1.99. The molecule has 0 unspecified atom stereocenters. The van der Waals surface area contributed by atoms with Gasteiger partial charge in [-0.1, -0.05) is 18.2 Å². The second kappa shape index (κ2) is 4.80. The van der Waals surface area contributed by atoms with E-state index in [1.54, 1.807) is 4.68 Å². The van der Waals surface area contributed by atoms with Gasteiger partial charge in [-0.15, -0.1) is 0 Å². The predicted octanol–water partition coefficient (Wildman–Crippen LogP) is 2.00. The van der Waals surface area contributed by atoms with Gasteiger partial charge in [0.2, 0.25) is 0 Å². The molecule has 1 aromatic carbocycles. The molecule has 6 heteroatoms. The zero-order chi connectivity index (χ0) is 14.1. The molecule has 0 aliphatic rings. The summed E-state index contributed by atoms with van der Waals surface area (Å²) < 4.78 is 3.53. The van der Waals surface area contributed by atoms with Crippen LogP contribution in [0.1, 0.15) is 23.0 Å². The van der Waals surface area contributed by atoms with Crippen LogP contribution < -0.4 is 0 Å². The fourth-order valence-corrected chi connectivity index (χ4v) is 2.27. The number of fused-ring (bicyclic) bond motifs is 1. The Morgan fingerprint density at radius 3 is 2.85 bits per heavy atom. The normalized spacial score (nSPS) is 11.1. The van der Waals surface area contributed by atoms with Crippen molar-refractivity contribution >= 4 is 16.9 Å². The first-order valence-electron chi connectivity index (χ1n) is 6.39. The smallest absolute Gasteiger partial charge is 0.338 e. The molecule has 3 rings (SSSR count). The van der Waals surface area contributed by atoms with Crippen LogP contribution in [0.15, 0.2) is 36.7 Å². The van der Waals surface area contributed by atoms with Crippen molar-refractivity contribution in [3.63, 3.8) is 0 Å². The Hall–Kier alpha value is -2.63. The van der Waals surface area contributed by atoms with Crippen LogP contribution in [-0.2, 0) is 13.1 Å². The minimum Gasteiger partial charge on any atom is -0.478 e. The van der Waals surface area contributed by atoms with Gasteiger partial charge in [-0.25, -0.2) is 4.79 Å². The highest BCUT2D eigenvalue weighted by Crippen LogP contribution is 2.19. The second-order valence-corrected chi connectivity index (χ2v) is 4.51. The molecule has 102 valence electrons. The minimum absolute atomic E-state index is 0.184. The highest BCUT2D eigenvalue weighted by atomic mass is 16.4. The number of carboxylic acids is 1. The first-order valence-corrected chi connectivity index (χ1v) is 6.39. The van der Waals surface area contributed by atoms with Gasteiger partial charge in [-0.3, -0.25) is 9.36 Å². The lowest BCUT2D eigenvalue weighted by Gasteiger charge is -1.98. The number of rotatable bonds is 4. The number of para-hydroxylation sites is 1. The lowest BCUT2D eigenvalue weighted by Crippen LogP contribution is -2.03. The number of carbonyl (C=O) groups is 1. The number of aromatic carboxylic acids is 1. The van der Waals surface area contributed by atoms with Gasteiger partial charge in [-0.05, 0) is 13.0 Å². The third-order valence-electron chi connectivity index (χ3n) is 3.23. The van der Waals surface area contributed by atoms with Crippen molar-refractivity contribution in [3.05, 3.63) is 47.9 Å². The molecule has 0 radical (unpaired) electrons. The van der Waals surface area contributed by atoms with E-state index >= 15 is 0 Å². The number of hydrogen-bond donors (Lipinski definition) is 1. The van der Waals surface area contributed by atoms with Crippen molar-refractivity contribution in [2.24, 2.45) is 0 Å². The largest absolute Gasteiger partial charge is 0.478 e. The van der Waals surface area contributed by atoms with Crippen molar-refractivity contribution in [2.75, 3.05) is 0 Å². The van der Waals surface area contributed by atoms with Crippen LogP contribution in [0.25, 0.3) is 10.9 Å². The van der Waals surface area contributed by atoms with Crippen LogP contribution in [0, 0.1) is 0 Å². The molecule has 0 amide bonds. The summed E-state index contributed by atoms with van der Waals surface area (Å²) in [7, 11) is 0. The van der Waals surface area contributed by atoms with Crippen LogP contribution >= 0.6 is 0 Å². The quantitative estimate of drug-likeness (QED) is 0.787. The summed E-state index contributed by atoms with van der Waals surface area (Å²) in [6.07, 6.45) is 2.86. The summed E-state index contributed by atoms with van der Waals surface area (Å²) in [5.74, 6) is -0.972. The Bertz CT molecular complexity index is 772. The van der Waals surface area contributed by atoms with Gasteiger partial charge < -0.3 is 5.11 Å². The van der Waals surface area contributed by atoms with Gasteiger partial charge in [0.1, 0.15) is 0 Å². The standard InChI is InChI=1S/C14H14N4O2/c1-2-18-13-6-4-3-5-11(13)12(16-18)9-17-8-10(7-15-17)14(19)20/h3-8H,2,9H2,1H3,(H,19,20). The molecule has 0 saturated carbocycles. The molecule has 20 heavy (non-hydrogen) atoms. The highest BCUT2D eigenvalue weighted by Gasteiger charge is 2.11. The van der Waals surface area contributed by atoms with Gasteiger partial charge in [0.15, 0.2) is 0 Å². The zero-order valence-electron chi connectivity index (χ0n) is 11.0. The summed E-state index contributed by atoms with van der Waals surface area (Å²) in [4.78, 5) is 10.9. The topological polar surface area (TPSA) is 72.9 Å². The van der Waals surface area contributed by atoms with Gasteiger partial charge >= 0.3 is 5.97 Å². The first-order chi connectivity index (χ1) is 9.69. The number of benzene rings is 1. The molecule has 0 atom stereocenters. The van der Waals surface area contributed by atoms with Crippen LogP contribution in [0.4, 0.5) is 0 Å². The maximum atomic E-state index is 10.9. The molecule has 0 aliphatic heterocycles. The molecular weight excluding hydrogens is 256 g/mol. The number of nitrogens with zero attached hydrogens (tertiary/aromatic N) is 4. The van der Waals surface area contributed by atoms with Crippen molar-refractivity contribution in [3.8, 4) is 0 Å². The molecule has 2 heterocycles. The van der Waals surface area contributed by atoms with E-state index in [1.807, 2.05) is 35.9 Å². The lowest BCUT2D eigenvalue weighted by atomic mass is 10.2. The predicted molar refractivity (Wildman–Crippen MR) is 73.7 cm³/mol. The Kier molecular flexibility index (Phi) is 2.98. The van der Waals surface area contributed by atoms with E-state index < -0.39 is 5.97 Å². The molecule has 0 fully saturated rings. The highest BCUT2D eigenvalue weighted by molar-refractivity contribution is 5.86. The summed E-state index contributed by atoms with van der Waals surface area (Å²) in [6, 6.07) is 8.00. The second-order valence-electron chi connectivity index (χ2n) is 4.51. The first kappa shape index (κ1) is 12.4. The fraction of sp³-hybridized carbons (Fsp3) is 0.214. The van der Waals surface area contributed by atoms with E-state index in [1.165, 1.54) is 12.4 Å². The maximum Gasteiger partial charge on any atom is 0.338 e. The van der Waals surface area contributed by atoms with Crippen molar-refractivity contribution in [1.29, 1.82) is 0 Å². The number of aromatic nitrogens is 4. The molecule has 1 N–H and O–H groups in total. The minimum atomic E-state index is -0.972. The average molecular weight is 270 g/mol. The van der Waals surface area contributed by atoms with Crippen LogP contribution in [0.2, 0.25) is 0 Å². The summed E-state index contributed by atoms with van der Waals surface area (Å²) in [5.41, 5.74) is 2.15. The average Bonchev–Trinajstić information content (AvgIpc) is 3.05. The lowest BCUT2D eigenvalue weighted by molar-refractivity contribution is 0.0697. The van der Waals surface area contributed by atoms with Crippen molar-refractivity contribution in [2.45, 2.75) is 20.0 Å². The maximum absolute atomic E-state index is 10.9. The molecule has 0 saturated heterocycles. The van der Waals surface area contributed by atoms with Gasteiger partial charge in [-0.2, -0.15) is 10.2 Å². The van der Waals surface area contributed by atoms with Crippen LogP contribution in [-0.4, -0.2) is 30.6 Å². The van der Waals surface area contributed by atoms with Crippen LogP contribution in [0.3, 0.4) is 0 Å². The Morgan fingerprint density at radius 1 is 1.35 bits per heavy atom.